The minimum Gasteiger partial charge on any atom is -0.381 e. The van der Waals surface area contributed by atoms with Gasteiger partial charge in [-0.3, -0.25) is 4.79 Å². The van der Waals surface area contributed by atoms with Gasteiger partial charge >= 0.3 is 6.18 Å². The van der Waals surface area contributed by atoms with Crippen molar-refractivity contribution in [1.29, 1.82) is 5.41 Å². The van der Waals surface area contributed by atoms with Crippen LogP contribution in [0.5, 0.6) is 0 Å². The molecule has 1 unspecified atom stereocenters. The van der Waals surface area contributed by atoms with Gasteiger partial charge in [0.2, 0.25) is 0 Å². The Labute approximate surface area is 131 Å². The van der Waals surface area contributed by atoms with Gasteiger partial charge in [-0.2, -0.15) is 13.2 Å². The number of nitrogens with one attached hydrogen (secondary N) is 3. The van der Waals surface area contributed by atoms with Gasteiger partial charge in [0.25, 0.3) is 5.56 Å². The van der Waals surface area contributed by atoms with Gasteiger partial charge in [-0.1, -0.05) is 6.92 Å². The minimum absolute atomic E-state index is 0.0138. The first-order chi connectivity index (χ1) is 10.8. The molecule has 9 heteroatoms. The topological polar surface area (TPSA) is 90.9 Å². The number of aromatic nitrogens is 2. The maximum atomic E-state index is 12.7. The summed E-state index contributed by atoms with van der Waals surface area (Å²) in [6.07, 6.45) is -2.50. The Hall–Kier alpha value is -1.90. The highest BCUT2D eigenvalue weighted by atomic mass is 19.4. The first-order valence-electron chi connectivity index (χ1n) is 7.36. The van der Waals surface area contributed by atoms with E-state index in [2.05, 4.69) is 15.3 Å². The molecule has 0 bridgehead atoms. The zero-order valence-corrected chi connectivity index (χ0v) is 12.7. The SMILES string of the molecule is CC(Cc1nc(NC2CCOCC2)c(C=N)c(=O)[nH]1)C(F)(F)F. The highest BCUT2D eigenvalue weighted by Gasteiger charge is 2.36. The van der Waals surface area contributed by atoms with Crippen LogP contribution in [-0.2, 0) is 11.2 Å². The molecule has 0 aliphatic carbocycles. The van der Waals surface area contributed by atoms with E-state index >= 15 is 0 Å². The number of H-pyrrole nitrogens is 1. The molecule has 1 aliphatic rings. The van der Waals surface area contributed by atoms with Crippen LogP contribution in [0.2, 0.25) is 0 Å². The molecule has 2 rings (SSSR count). The molecule has 0 radical (unpaired) electrons. The third kappa shape index (κ3) is 4.54. The fraction of sp³-hybridized carbons (Fsp3) is 0.643. The highest BCUT2D eigenvalue weighted by molar-refractivity contribution is 5.83. The summed E-state index contributed by atoms with van der Waals surface area (Å²) < 4.78 is 43.2. The number of alkyl halides is 3. The monoisotopic (exact) mass is 332 g/mol. The second-order valence-electron chi connectivity index (χ2n) is 5.60. The average molecular weight is 332 g/mol. The Bertz CT molecular complexity index is 609. The van der Waals surface area contributed by atoms with Crippen LogP contribution < -0.4 is 10.9 Å². The molecule has 2 heterocycles. The molecule has 0 saturated carbocycles. The fourth-order valence-corrected chi connectivity index (χ4v) is 2.31. The van der Waals surface area contributed by atoms with Crippen molar-refractivity contribution >= 4 is 12.0 Å². The van der Waals surface area contributed by atoms with Crippen LogP contribution in [0.15, 0.2) is 4.79 Å². The van der Waals surface area contributed by atoms with Crippen molar-refractivity contribution in [2.45, 2.75) is 38.4 Å². The maximum absolute atomic E-state index is 12.7. The van der Waals surface area contributed by atoms with E-state index in [0.29, 0.717) is 26.1 Å². The number of nitrogens with zero attached hydrogens (tertiary/aromatic N) is 1. The van der Waals surface area contributed by atoms with E-state index in [-0.39, 0.29) is 23.2 Å². The number of anilines is 1. The molecular formula is C14H19F3N4O2. The number of halogens is 3. The molecule has 1 fully saturated rings. The van der Waals surface area contributed by atoms with Gasteiger partial charge in [0.05, 0.1) is 11.5 Å². The van der Waals surface area contributed by atoms with Gasteiger partial charge in [0.1, 0.15) is 11.6 Å². The summed E-state index contributed by atoms with van der Waals surface area (Å²) in [6.45, 7) is 2.17. The number of hydrogen-bond donors (Lipinski definition) is 3. The molecule has 0 amide bonds. The molecule has 1 aliphatic heterocycles. The molecule has 3 N–H and O–H groups in total. The fourth-order valence-electron chi connectivity index (χ4n) is 2.31. The predicted octanol–water partition coefficient (Wildman–Crippen LogP) is 2.10. The quantitative estimate of drug-likeness (QED) is 0.720. The van der Waals surface area contributed by atoms with Crippen LogP contribution in [0.25, 0.3) is 0 Å². The first kappa shape index (κ1) is 17.5. The molecular weight excluding hydrogens is 313 g/mol. The Balaban J connectivity index is 2.25. The van der Waals surface area contributed by atoms with Gasteiger partial charge in [-0.05, 0) is 12.8 Å². The molecule has 0 aromatic carbocycles. The van der Waals surface area contributed by atoms with Crippen molar-refractivity contribution in [2.24, 2.45) is 5.92 Å². The zero-order valence-electron chi connectivity index (χ0n) is 12.7. The summed E-state index contributed by atoms with van der Waals surface area (Å²) in [5.74, 6) is -1.51. The predicted molar refractivity (Wildman–Crippen MR) is 79.1 cm³/mol. The minimum atomic E-state index is -4.35. The van der Waals surface area contributed by atoms with Gasteiger partial charge in [-0.15, -0.1) is 0 Å². The number of ether oxygens (including phenoxy) is 1. The molecule has 1 atom stereocenters. The molecule has 0 spiro atoms. The lowest BCUT2D eigenvalue weighted by molar-refractivity contribution is -0.169. The van der Waals surface area contributed by atoms with E-state index in [1.165, 1.54) is 0 Å². The molecule has 6 nitrogen and oxygen atoms in total. The Morgan fingerprint density at radius 2 is 2.13 bits per heavy atom. The van der Waals surface area contributed by atoms with Crippen molar-refractivity contribution in [3.63, 3.8) is 0 Å². The standard InChI is InChI=1S/C14H19F3N4O2/c1-8(14(15,16)17)6-11-20-12(10(7-18)13(22)21-11)19-9-2-4-23-5-3-9/h7-9,18H,2-6H2,1H3,(H2,19,20,21,22). The number of rotatable bonds is 5. The maximum Gasteiger partial charge on any atom is 0.391 e. The summed E-state index contributed by atoms with van der Waals surface area (Å²) in [5, 5.41) is 10.4. The lowest BCUT2D eigenvalue weighted by atomic mass is 10.1. The van der Waals surface area contributed by atoms with Crippen LogP contribution in [0.4, 0.5) is 19.0 Å². The van der Waals surface area contributed by atoms with E-state index in [1.54, 1.807) is 0 Å². The van der Waals surface area contributed by atoms with Gasteiger partial charge in [-0.25, -0.2) is 4.98 Å². The van der Waals surface area contributed by atoms with Crippen molar-refractivity contribution in [1.82, 2.24) is 9.97 Å². The molecule has 1 aromatic heterocycles. The number of hydrogen-bond acceptors (Lipinski definition) is 5. The van der Waals surface area contributed by atoms with E-state index in [9.17, 15) is 18.0 Å². The third-order valence-electron chi connectivity index (χ3n) is 3.77. The molecule has 23 heavy (non-hydrogen) atoms. The van der Waals surface area contributed by atoms with Crippen molar-refractivity contribution in [3.05, 3.63) is 21.7 Å². The van der Waals surface area contributed by atoms with Gasteiger partial charge < -0.3 is 20.4 Å². The smallest absolute Gasteiger partial charge is 0.381 e. The second-order valence-corrected chi connectivity index (χ2v) is 5.60. The summed E-state index contributed by atoms with van der Waals surface area (Å²) in [7, 11) is 0. The van der Waals surface area contributed by atoms with Crippen LogP contribution in [-0.4, -0.2) is 41.6 Å². The second kappa shape index (κ2) is 7.12. The average Bonchev–Trinajstić information content (AvgIpc) is 2.47. The molecule has 128 valence electrons. The van der Waals surface area contributed by atoms with E-state index < -0.39 is 24.1 Å². The zero-order chi connectivity index (χ0) is 17.0. The first-order valence-corrected chi connectivity index (χ1v) is 7.36. The largest absolute Gasteiger partial charge is 0.391 e. The molecule has 1 aromatic rings. The van der Waals surface area contributed by atoms with Crippen LogP contribution in [0.1, 0.15) is 31.2 Å². The van der Waals surface area contributed by atoms with Crippen molar-refractivity contribution in [2.75, 3.05) is 18.5 Å². The number of aromatic amines is 1. The van der Waals surface area contributed by atoms with E-state index in [0.717, 1.165) is 13.1 Å². The van der Waals surface area contributed by atoms with Crippen LogP contribution in [0.3, 0.4) is 0 Å². The van der Waals surface area contributed by atoms with Crippen molar-refractivity contribution < 1.29 is 17.9 Å². The lowest BCUT2D eigenvalue weighted by Gasteiger charge is -2.24. The summed E-state index contributed by atoms with van der Waals surface area (Å²) in [4.78, 5) is 18.4. The third-order valence-corrected chi connectivity index (χ3v) is 3.77. The lowest BCUT2D eigenvalue weighted by Crippen LogP contribution is -2.31. The van der Waals surface area contributed by atoms with Crippen LogP contribution >= 0.6 is 0 Å². The van der Waals surface area contributed by atoms with E-state index in [4.69, 9.17) is 10.1 Å². The molecule has 1 saturated heterocycles. The summed E-state index contributed by atoms with van der Waals surface area (Å²) in [5.41, 5.74) is -0.603. The van der Waals surface area contributed by atoms with Crippen molar-refractivity contribution in [3.8, 4) is 0 Å². The van der Waals surface area contributed by atoms with E-state index in [1.807, 2.05) is 0 Å². The summed E-state index contributed by atoms with van der Waals surface area (Å²) >= 11 is 0. The normalized spacial score (nSPS) is 17.7. The van der Waals surface area contributed by atoms with Gasteiger partial charge in [0.15, 0.2) is 0 Å². The van der Waals surface area contributed by atoms with Crippen LogP contribution in [0, 0.1) is 11.3 Å². The Morgan fingerprint density at radius 3 is 2.70 bits per heavy atom. The summed E-state index contributed by atoms with van der Waals surface area (Å²) in [6, 6.07) is 0.0182. The highest BCUT2D eigenvalue weighted by Crippen LogP contribution is 2.28. The Kier molecular flexibility index (Phi) is 5.40. The van der Waals surface area contributed by atoms with Gasteiger partial charge in [0, 0.05) is 31.9 Å². The Morgan fingerprint density at radius 1 is 1.48 bits per heavy atom.